The van der Waals surface area contributed by atoms with Crippen LogP contribution in [0.25, 0.3) is 0 Å². The molecular weight excluding hydrogens is 470 g/mol. The van der Waals surface area contributed by atoms with Gasteiger partial charge in [-0.2, -0.15) is 13.2 Å². The average Bonchev–Trinajstić information content (AvgIpc) is 2.72. The van der Waals surface area contributed by atoms with Crippen LogP contribution >= 0.6 is 23.2 Å². The Morgan fingerprint density at radius 1 is 1.16 bits per heavy atom. The zero-order valence-electron chi connectivity index (χ0n) is 17.0. The molecule has 1 aliphatic rings. The van der Waals surface area contributed by atoms with E-state index in [-0.39, 0.29) is 0 Å². The van der Waals surface area contributed by atoms with Crippen molar-refractivity contribution in [3.8, 4) is 0 Å². The van der Waals surface area contributed by atoms with E-state index in [9.17, 15) is 22.8 Å². The highest BCUT2D eigenvalue weighted by Crippen LogP contribution is 2.30. The minimum absolute atomic E-state index is 0.353. The Morgan fingerprint density at radius 2 is 1.78 bits per heavy atom. The lowest BCUT2D eigenvalue weighted by molar-refractivity contribution is -0.158. The summed E-state index contributed by atoms with van der Waals surface area (Å²) in [6.45, 7) is 2.32. The summed E-state index contributed by atoms with van der Waals surface area (Å²) in [5.74, 6) is -1.03. The molecule has 1 saturated heterocycles. The smallest absolute Gasteiger partial charge is 0.417 e. The molecule has 0 spiro atoms. The maximum Gasteiger partial charge on any atom is 0.417 e. The van der Waals surface area contributed by atoms with Crippen molar-refractivity contribution in [3.63, 3.8) is 0 Å². The SMILES string of the molecule is C[C@@H](OC(=O)C1CCN(c2ccc(C(F)(F)F)cn2)CC1)C(=O)Nc1cc(Cl)cc(Cl)c1. The molecule has 3 rings (SSSR count). The number of piperidine rings is 1. The lowest BCUT2D eigenvalue weighted by Gasteiger charge is -2.32. The molecule has 0 unspecified atom stereocenters. The number of benzene rings is 1. The fraction of sp³-hybridized carbons (Fsp3) is 0.381. The van der Waals surface area contributed by atoms with Crippen molar-refractivity contribution in [2.24, 2.45) is 5.92 Å². The molecule has 1 aromatic heterocycles. The predicted octanol–water partition coefficient (Wildman–Crippen LogP) is 5.19. The summed E-state index contributed by atoms with van der Waals surface area (Å²) in [6.07, 6.45) is -3.82. The maximum absolute atomic E-state index is 12.7. The van der Waals surface area contributed by atoms with E-state index >= 15 is 0 Å². The number of halogens is 5. The molecule has 1 N–H and O–H groups in total. The number of aromatic nitrogens is 1. The lowest BCUT2D eigenvalue weighted by atomic mass is 9.97. The van der Waals surface area contributed by atoms with Crippen LogP contribution in [-0.2, 0) is 20.5 Å². The number of carbonyl (C=O) groups excluding carboxylic acids is 2. The number of amides is 1. The van der Waals surface area contributed by atoms with Gasteiger partial charge in [0.25, 0.3) is 5.91 Å². The second-order valence-corrected chi connectivity index (χ2v) is 8.26. The molecular formula is C21H20Cl2F3N3O3. The number of ether oxygens (including phenoxy) is 1. The highest BCUT2D eigenvalue weighted by atomic mass is 35.5. The van der Waals surface area contributed by atoms with Gasteiger partial charge in [-0.1, -0.05) is 23.2 Å². The summed E-state index contributed by atoms with van der Waals surface area (Å²) in [5.41, 5.74) is -0.431. The van der Waals surface area contributed by atoms with Crippen molar-refractivity contribution in [1.82, 2.24) is 4.98 Å². The number of pyridine rings is 1. The molecule has 0 bridgehead atoms. The first-order chi connectivity index (χ1) is 15.0. The van der Waals surface area contributed by atoms with Crippen LogP contribution in [0.5, 0.6) is 0 Å². The van der Waals surface area contributed by atoms with Gasteiger partial charge in [0.15, 0.2) is 6.10 Å². The number of esters is 1. The second-order valence-electron chi connectivity index (χ2n) is 7.39. The van der Waals surface area contributed by atoms with Crippen molar-refractivity contribution in [2.45, 2.75) is 32.0 Å². The molecule has 0 radical (unpaired) electrons. The number of anilines is 2. The summed E-state index contributed by atoms with van der Waals surface area (Å²) in [4.78, 5) is 30.5. The van der Waals surface area contributed by atoms with Crippen LogP contribution in [0.1, 0.15) is 25.3 Å². The standard InChI is InChI=1S/C21H20Cl2F3N3O3/c1-12(19(30)28-17-9-15(22)8-16(23)10-17)32-20(31)13-4-6-29(7-5-13)18-3-2-14(11-27-18)21(24,25)26/h2-3,8-13H,4-7H2,1H3,(H,28,30)/t12-/m1/s1. The van der Waals surface area contributed by atoms with Crippen molar-refractivity contribution >= 4 is 46.6 Å². The molecule has 1 atom stereocenters. The molecule has 2 aromatic rings. The molecule has 1 aromatic carbocycles. The quantitative estimate of drug-likeness (QED) is 0.584. The summed E-state index contributed by atoms with van der Waals surface area (Å²) in [7, 11) is 0. The maximum atomic E-state index is 12.7. The summed E-state index contributed by atoms with van der Waals surface area (Å²) >= 11 is 11.8. The number of nitrogens with one attached hydrogen (secondary N) is 1. The van der Waals surface area contributed by atoms with E-state index in [1.807, 2.05) is 4.90 Å². The van der Waals surface area contributed by atoms with Gasteiger partial charge >= 0.3 is 12.1 Å². The molecule has 1 fully saturated rings. The van der Waals surface area contributed by atoms with Crippen LogP contribution in [0.15, 0.2) is 36.5 Å². The summed E-state index contributed by atoms with van der Waals surface area (Å²) in [6, 6.07) is 6.86. The molecule has 1 aliphatic heterocycles. The topological polar surface area (TPSA) is 71.5 Å². The Kier molecular flexibility index (Phi) is 7.51. The van der Waals surface area contributed by atoms with Crippen LogP contribution in [-0.4, -0.2) is 36.1 Å². The first-order valence-corrected chi connectivity index (χ1v) is 10.5. The van der Waals surface area contributed by atoms with Crippen molar-refractivity contribution in [3.05, 3.63) is 52.1 Å². The van der Waals surface area contributed by atoms with Crippen LogP contribution < -0.4 is 10.2 Å². The minimum Gasteiger partial charge on any atom is -0.452 e. The number of hydrogen-bond donors (Lipinski definition) is 1. The van der Waals surface area contributed by atoms with Crippen molar-refractivity contribution in [1.29, 1.82) is 0 Å². The first kappa shape index (κ1) is 24.1. The van der Waals surface area contributed by atoms with Gasteiger partial charge < -0.3 is 15.0 Å². The molecule has 6 nitrogen and oxygen atoms in total. The van der Waals surface area contributed by atoms with E-state index in [1.165, 1.54) is 31.2 Å². The third-order valence-electron chi connectivity index (χ3n) is 5.02. The molecule has 11 heteroatoms. The van der Waals surface area contributed by atoms with Gasteiger partial charge in [-0.05, 0) is 50.1 Å². The third-order valence-corrected chi connectivity index (χ3v) is 5.46. The third kappa shape index (κ3) is 6.26. The van der Waals surface area contributed by atoms with Gasteiger partial charge in [0.2, 0.25) is 0 Å². The van der Waals surface area contributed by atoms with E-state index in [1.54, 1.807) is 0 Å². The number of nitrogens with zero attached hydrogens (tertiary/aromatic N) is 2. The van der Waals surface area contributed by atoms with Crippen molar-refractivity contribution < 1.29 is 27.5 Å². The molecule has 1 amide bonds. The normalized spacial score (nSPS) is 15.9. The van der Waals surface area contributed by atoms with Gasteiger partial charge in [-0.25, -0.2) is 4.98 Å². The Bertz CT molecular complexity index is 958. The Labute approximate surface area is 192 Å². The molecule has 172 valence electrons. The molecule has 2 heterocycles. The number of carbonyl (C=O) groups is 2. The minimum atomic E-state index is -4.44. The van der Waals surface area contributed by atoms with Gasteiger partial charge in [-0.3, -0.25) is 9.59 Å². The Balaban J connectivity index is 1.50. The van der Waals surface area contributed by atoms with E-state index < -0.39 is 35.6 Å². The zero-order valence-corrected chi connectivity index (χ0v) is 18.5. The highest BCUT2D eigenvalue weighted by molar-refractivity contribution is 6.35. The Morgan fingerprint density at radius 3 is 2.31 bits per heavy atom. The number of alkyl halides is 3. The fourth-order valence-corrected chi connectivity index (χ4v) is 3.81. The predicted molar refractivity (Wildman–Crippen MR) is 115 cm³/mol. The van der Waals surface area contributed by atoms with Crippen LogP contribution in [0.3, 0.4) is 0 Å². The molecule has 0 saturated carbocycles. The molecule has 0 aliphatic carbocycles. The highest BCUT2D eigenvalue weighted by Gasteiger charge is 2.32. The van der Waals surface area contributed by atoms with Crippen LogP contribution in [0.2, 0.25) is 10.0 Å². The van der Waals surface area contributed by atoms with E-state index in [0.29, 0.717) is 47.5 Å². The van der Waals surface area contributed by atoms with Gasteiger partial charge in [0.05, 0.1) is 11.5 Å². The monoisotopic (exact) mass is 489 g/mol. The Hall–Kier alpha value is -2.52. The fourth-order valence-electron chi connectivity index (χ4n) is 3.28. The van der Waals surface area contributed by atoms with Gasteiger partial charge in [0.1, 0.15) is 5.82 Å². The van der Waals surface area contributed by atoms with Gasteiger partial charge in [-0.15, -0.1) is 0 Å². The van der Waals surface area contributed by atoms with Crippen LogP contribution in [0.4, 0.5) is 24.7 Å². The second kappa shape index (κ2) is 9.95. The van der Waals surface area contributed by atoms with E-state index in [2.05, 4.69) is 10.3 Å². The number of hydrogen-bond acceptors (Lipinski definition) is 5. The first-order valence-electron chi connectivity index (χ1n) is 9.78. The average molecular weight is 490 g/mol. The molecule has 32 heavy (non-hydrogen) atoms. The van der Waals surface area contributed by atoms with Crippen LogP contribution in [0, 0.1) is 5.92 Å². The lowest BCUT2D eigenvalue weighted by Crippen LogP contribution is -2.39. The summed E-state index contributed by atoms with van der Waals surface area (Å²) in [5, 5.41) is 3.30. The zero-order chi connectivity index (χ0) is 23.5. The number of rotatable bonds is 5. The van der Waals surface area contributed by atoms with E-state index in [0.717, 1.165) is 12.3 Å². The van der Waals surface area contributed by atoms with E-state index in [4.69, 9.17) is 27.9 Å². The summed E-state index contributed by atoms with van der Waals surface area (Å²) < 4.78 is 43.3. The largest absolute Gasteiger partial charge is 0.452 e. The van der Waals surface area contributed by atoms with Crippen molar-refractivity contribution in [2.75, 3.05) is 23.3 Å². The van der Waals surface area contributed by atoms with Gasteiger partial charge in [0, 0.05) is 35.0 Å².